The number of methoxy groups -OCH3 is 1. The molecule has 4 amide bonds. The largest absolute Gasteiger partial charge is 0.493 e. The minimum atomic E-state index is -4.09. The molecule has 0 aromatic heterocycles. The molecule has 0 saturated carbocycles. The summed E-state index contributed by atoms with van der Waals surface area (Å²) in [6.45, 7) is 3.41. The zero-order valence-electron chi connectivity index (χ0n) is 16.4. The van der Waals surface area contributed by atoms with Gasteiger partial charge in [-0.2, -0.15) is 8.42 Å². The number of barbiturate groups is 1. The van der Waals surface area contributed by atoms with Crippen LogP contribution in [0.25, 0.3) is 6.08 Å². The number of nitrogens with zero attached hydrogens (tertiary/aromatic N) is 1. The van der Waals surface area contributed by atoms with Gasteiger partial charge in [0, 0.05) is 6.54 Å². The zero-order valence-corrected chi connectivity index (χ0v) is 17.2. The first-order valence-electron chi connectivity index (χ1n) is 8.94. The fourth-order valence-electron chi connectivity index (χ4n) is 2.75. The Kier molecular flexibility index (Phi) is 6.21. The third-order valence-corrected chi connectivity index (χ3v) is 5.48. The number of benzene rings is 2. The van der Waals surface area contributed by atoms with E-state index in [1.807, 2.05) is 0 Å². The van der Waals surface area contributed by atoms with Crippen molar-refractivity contribution in [2.45, 2.75) is 4.90 Å². The van der Waals surface area contributed by atoms with Gasteiger partial charge in [0.15, 0.2) is 11.5 Å². The van der Waals surface area contributed by atoms with Gasteiger partial charge < -0.3 is 8.92 Å². The number of carbonyl (C=O) groups excluding carboxylic acids is 3. The topological polar surface area (TPSA) is 119 Å². The van der Waals surface area contributed by atoms with Crippen molar-refractivity contribution in [1.82, 2.24) is 10.2 Å². The highest BCUT2D eigenvalue weighted by atomic mass is 32.2. The molecule has 31 heavy (non-hydrogen) atoms. The number of ether oxygens (including phenoxy) is 1. The second-order valence-corrected chi connectivity index (χ2v) is 7.83. The predicted octanol–water partition coefficient (Wildman–Crippen LogP) is 2.11. The maximum atomic E-state index is 12.5. The van der Waals surface area contributed by atoms with E-state index in [1.54, 1.807) is 18.2 Å². The number of amides is 4. The Morgan fingerprint density at radius 3 is 2.42 bits per heavy atom. The number of rotatable bonds is 7. The fourth-order valence-corrected chi connectivity index (χ4v) is 3.71. The molecular weight excluding hydrogens is 424 g/mol. The lowest BCUT2D eigenvalue weighted by Gasteiger charge is -2.25. The SMILES string of the molecule is C=CCN1C(=O)NC(=O)/C(=C/c2ccc(OS(=O)(=O)c3ccccc3)c(OC)c2)C1=O. The third-order valence-electron chi connectivity index (χ3n) is 4.23. The smallest absolute Gasteiger partial charge is 0.339 e. The van der Waals surface area contributed by atoms with Crippen LogP contribution in [0.2, 0.25) is 0 Å². The molecule has 0 bridgehead atoms. The molecule has 0 radical (unpaired) electrons. The lowest BCUT2D eigenvalue weighted by molar-refractivity contribution is -0.129. The number of carbonyl (C=O) groups is 3. The van der Waals surface area contributed by atoms with E-state index in [2.05, 4.69) is 11.9 Å². The average molecular weight is 442 g/mol. The summed E-state index contributed by atoms with van der Waals surface area (Å²) in [4.78, 5) is 37.2. The number of imide groups is 2. The van der Waals surface area contributed by atoms with Crippen molar-refractivity contribution in [1.29, 1.82) is 0 Å². The fraction of sp³-hybridized carbons (Fsp3) is 0.0952. The normalized spacial score (nSPS) is 15.6. The molecular formula is C21H18N2O7S. The molecule has 160 valence electrons. The number of urea groups is 1. The molecule has 0 spiro atoms. The highest BCUT2D eigenvalue weighted by Crippen LogP contribution is 2.31. The Balaban J connectivity index is 1.92. The van der Waals surface area contributed by atoms with E-state index in [0.717, 1.165) is 4.90 Å². The van der Waals surface area contributed by atoms with Gasteiger partial charge in [-0.15, -0.1) is 6.58 Å². The zero-order chi connectivity index (χ0) is 22.6. The summed E-state index contributed by atoms with van der Waals surface area (Å²) in [7, 11) is -2.77. The van der Waals surface area contributed by atoms with E-state index in [-0.39, 0.29) is 28.5 Å². The maximum Gasteiger partial charge on any atom is 0.339 e. The highest BCUT2D eigenvalue weighted by molar-refractivity contribution is 7.87. The molecule has 1 saturated heterocycles. The van der Waals surface area contributed by atoms with Crippen LogP contribution in [0.15, 0.2) is 71.7 Å². The predicted molar refractivity (Wildman–Crippen MR) is 111 cm³/mol. The van der Waals surface area contributed by atoms with Crippen molar-refractivity contribution in [3.05, 3.63) is 72.3 Å². The first-order valence-corrected chi connectivity index (χ1v) is 10.3. The summed E-state index contributed by atoms with van der Waals surface area (Å²) >= 11 is 0. The molecule has 3 rings (SSSR count). The van der Waals surface area contributed by atoms with E-state index < -0.39 is 28.0 Å². The number of hydrogen-bond donors (Lipinski definition) is 1. The minimum Gasteiger partial charge on any atom is -0.493 e. The summed E-state index contributed by atoms with van der Waals surface area (Å²) in [5.74, 6) is -1.63. The van der Waals surface area contributed by atoms with Gasteiger partial charge in [0.1, 0.15) is 10.5 Å². The first kappa shape index (κ1) is 21.8. The molecule has 9 nitrogen and oxygen atoms in total. The van der Waals surface area contributed by atoms with Crippen LogP contribution in [0.4, 0.5) is 4.79 Å². The van der Waals surface area contributed by atoms with Crippen LogP contribution in [0.5, 0.6) is 11.5 Å². The van der Waals surface area contributed by atoms with Crippen LogP contribution in [0.3, 0.4) is 0 Å². The molecule has 1 N–H and O–H groups in total. The van der Waals surface area contributed by atoms with Gasteiger partial charge in [-0.3, -0.25) is 19.8 Å². The van der Waals surface area contributed by atoms with Crippen LogP contribution < -0.4 is 14.2 Å². The monoisotopic (exact) mass is 442 g/mol. The van der Waals surface area contributed by atoms with Crippen molar-refractivity contribution in [2.24, 2.45) is 0 Å². The Morgan fingerprint density at radius 2 is 1.77 bits per heavy atom. The minimum absolute atomic E-state index is 0.0281. The summed E-state index contributed by atoms with van der Waals surface area (Å²) in [5, 5.41) is 2.08. The van der Waals surface area contributed by atoms with E-state index in [1.165, 1.54) is 49.6 Å². The van der Waals surface area contributed by atoms with Gasteiger partial charge in [-0.25, -0.2) is 4.79 Å². The number of nitrogens with one attached hydrogen (secondary N) is 1. The van der Waals surface area contributed by atoms with E-state index in [9.17, 15) is 22.8 Å². The Bertz CT molecular complexity index is 1190. The van der Waals surface area contributed by atoms with Gasteiger partial charge >= 0.3 is 16.1 Å². The Labute approximate surface area is 178 Å². The maximum absolute atomic E-state index is 12.5. The standard InChI is InChI=1S/C21H18N2O7S/c1-3-11-23-20(25)16(19(24)22-21(23)26)12-14-9-10-17(18(13-14)29-2)30-31(27,28)15-7-5-4-6-8-15/h3-10,12-13H,1,11H2,2H3,(H,22,24,26)/b16-12-. The van der Waals surface area contributed by atoms with Gasteiger partial charge in [0.2, 0.25) is 0 Å². The van der Waals surface area contributed by atoms with Crippen molar-refractivity contribution in [2.75, 3.05) is 13.7 Å². The van der Waals surface area contributed by atoms with Gasteiger partial charge in [0.05, 0.1) is 7.11 Å². The molecule has 2 aromatic carbocycles. The molecule has 1 heterocycles. The highest BCUT2D eigenvalue weighted by Gasteiger charge is 2.35. The average Bonchev–Trinajstić information content (AvgIpc) is 2.75. The van der Waals surface area contributed by atoms with Gasteiger partial charge in [0.25, 0.3) is 11.8 Å². The van der Waals surface area contributed by atoms with Crippen molar-refractivity contribution in [3.8, 4) is 11.5 Å². The summed E-state index contributed by atoms with van der Waals surface area (Å²) in [5.41, 5.74) is 0.0850. The van der Waals surface area contributed by atoms with E-state index in [0.29, 0.717) is 5.56 Å². The van der Waals surface area contributed by atoms with Crippen molar-refractivity contribution >= 4 is 34.0 Å². The molecule has 1 fully saturated rings. The second-order valence-electron chi connectivity index (χ2n) is 6.28. The molecule has 0 aliphatic carbocycles. The van der Waals surface area contributed by atoms with Crippen LogP contribution in [0, 0.1) is 0 Å². The van der Waals surface area contributed by atoms with Crippen LogP contribution in [-0.2, 0) is 19.7 Å². The summed E-state index contributed by atoms with van der Waals surface area (Å²) < 4.78 is 35.3. The molecule has 0 atom stereocenters. The van der Waals surface area contributed by atoms with Crippen molar-refractivity contribution < 1.29 is 31.7 Å². The quantitative estimate of drug-likeness (QED) is 0.302. The molecule has 1 aliphatic heterocycles. The third kappa shape index (κ3) is 4.64. The molecule has 2 aromatic rings. The van der Waals surface area contributed by atoms with Crippen LogP contribution in [0.1, 0.15) is 5.56 Å². The van der Waals surface area contributed by atoms with Crippen LogP contribution in [-0.4, -0.2) is 44.8 Å². The summed E-state index contributed by atoms with van der Waals surface area (Å²) in [6, 6.07) is 10.9. The van der Waals surface area contributed by atoms with Crippen molar-refractivity contribution in [3.63, 3.8) is 0 Å². The van der Waals surface area contributed by atoms with Gasteiger partial charge in [-0.05, 0) is 35.9 Å². The van der Waals surface area contributed by atoms with Gasteiger partial charge in [-0.1, -0.05) is 30.3 Å². The lowest BCUT2D eigenvalue weighted by atomic mass is 10.1. The summed E-state index contributed by atoms with van der Waals surface area (Å²) in [6.07, 6.45) is 2.62. The molecule has 1 aliphatic rings. The van der Waals surface area contributed by atoms with E-state index in [4.69, 9.17) is 8.92 Å². The van der Waals surface area contributed by atoms with Crippen LogP contribution >= 0.6 is 0 Å². The Hall–Kier alpha value is -3.92. The number of hydrogen-bond acceptors (Lipinski definition) is 7. The Morgan fingerprint density at radius 1 is 1.06 bits per heavy atom. The first-order chi connectivity index (χ1) is 14.8. The molecule has 10 heteroatoms. The van der Waals surface area contributed by atoms with E-state index >= 15 is 0 Å². The second kappa shape index (κ2) is 8.84. The molecule has 0 unspecified atom stereocenters. The lowest BCUT2D eigenvalue weighted by Crippen LogP contribution is -2.54.